The van der Waals surface area contributed by atoms with Crippen molar-refractivity contribution >= 4 is 33.3 Å². The average molecular weight is 329 g/mol. The quantitative estimate of drug-likeness (QED) is 0.643. The summed E-state index contributed by atoms with van der Waals surface area (Å²) in [5.74, 6) is -0.566. The van der Waals surface area contributed by atoms with E-state index in [9.17, 15) is 14.4 Å². The van der Waals surface area contributed by atoms with E-state index in [0.29, 0.717) is 26.7 Å². The molecule has 98 valence electrons. The van der Waals surface area contributed by atoms with E-state index < -0.39 is 0 Å². The molecule has 0 amide bonds. The van der Waals surface area contributed by atoms with Crippen LogP contribution in [0.15, 0.2) is 40.9 Å². The van der Waals surface area contributed by atoms with Gasteiger partial charge in [0.25, 0.3) is 0 Å². The second-order valence-corrected chi connectivity index (χ2v) is 5.49. The summed E-state index contributed by atoms with van der Waals surface area (Å²) in [6.45, 7) is 1.43. The van der Waals surface area contributed by atoms with Crippen molar-refractivity contribution in [1.82, 2.24) is 0 Å². The van der Waals surface area contributed by atoms with Gasteiger partial charge in [0.05, 0.1) is 0 Å². The van der Waals surface area contributed by atoms with E-state index in [1.807, 2.05) is 0 Å². The minimum atomic E-state index is -0.223. The summed E-state index contributed by atoms with van der Waals surface area (Å²) in [6, 6.07) is 9.81. The molecule has 0 spiro atoms. The monoisotopic (exact) mass is 328 g/mol. The maximum Gasteiger partial charge on any atom is 0.195 e. The summed E-state index contributed by atoms with van der Waals surface area (Å²) >= 11 is 3.30. The number of hydrogen-bond donors (Lipinski definition) is 0. The highest BCUT2D eigenvalue weighted by molar-refractivity contribution is 9.10. The third kappa shape index (κ3) is 1.76. The molecule has 0 unspecified atom stereocenters. The van der Waals surface area contributed by atoms with Gasteiger partial charge in [-0.05, 0) is 35.0 Å². The Bertz CT molecular complexity index is 790. The molecule has 0 radical (unpaired) electrons. The van der Waals surface area contributed by atoms with Crippen molar-refractivity contribution in [3.05, 3.63) is 68.7 Å². The molecule has 0 heterocycles. The highest BCUT2D eigenvalue weighted by Gasteiger charge is 2.31. The number of carbonyl (C=O) groups is 3. The van der Waals surface area contributed by atoms with Crippen LogP contribution in [0, 0.1) is 0 Å². The Morgan fingerprint density at radius 3 is 2.15 bits per heavy atom. The third-order valence-corrected chi connectivity index (χ3v) is 4.01. The molecule has 0 aliphatic heterocycles. The fourth-order valence-corrected chi connectivity index (χ4v) is 3.02. The topological polar surface area (TPSA) is 51.2 Å². The van der Waals surface area contributed by atoms with Gasteiger partial charge in [-0.15, -0.1) is 0 Å². The lowest BCUT2D eigenvalue weighted by molar-refractivity contribution is 0.0977. The highest BCUT2D eigenvalue weighted by Crippen LogP contribution is 2.33. The first-order valence-corrected chi connectivity index (χ1v) is 6.83. The molecule has 2 aromatic carbocycles. The molecular formula is C16H9BrO3. The van der Waals surface area contributed by atoms with Crippen LogP contribution in [0.25, 0.3) is 0 Å². The van der Waals surface area contributed by atoms with Crippen LogP contribution in [0.3, 0.4) is 0 Å². The molecule has 0 atom stereocenters. The molecule has 20 heavy (non-hydrogen) atoms. The lowest BCUT2D eigenvalue weighted by Crippen LogP contribution is -2.22. The van der Waals surface area contributed by atoms with E-state index in [1.54, 1.807) is 30.3 Å². The van der Waals surface area contributed by atoms with Crippen LogP contribution in [-0.2, 0) is 0 Å². The van der Waals surface area contributed by atoms with Gasteiger partial charge in [0.15, 0.2) is 17.3 Å². The summed E-state index contributed by atoms with van der Waals surface area (Å²) in [4.78, 5) is 36.5. The van der Waals surface area contributed by atoms with E-state index in [1.165, 1.54) is 13.0 Å². The Morgan fingerprint density at radius 1 is 0.950 bits per heavy atom. The number of fused-ring (bicyclic) bond motifs is 2. The van der Waals surface area contributed by atoms with Gasteiger partial charge in [-0.2, -0.15) is 0 Å². The van der Waals surface area contributed by atoms with Crippen molar-refractivity contribution < 1.29 is 14.4 Å². The highest BCUT2D eigenvalue weighted by atomic mass is 79.9. The molecule has 4 heteroatoms. The Hall–Kier alpha value is -2.07. The predicted octanol–water partition coefficient (Wildman–Crippen LogP) is 3.43. The largest absolute Gasteiger partial charge is 0.295 e. The Kier molecular flexibility index (Phi) is 2.91. The van der Waals surface area contributed by atoms with Gasteiger partial charge < -0.3 is 0 Å². The molecule has 1 aliphatic rings. The first-order chi connectivity index (χ1) is 9.50. The molecule has 2 aromatic rings. The second kappa shape index (κ2) is 4.49. The predicted molar refractivity (Wildman–Crippen MR) is 77.5 cm³/mol. The standard InChI is InChI=1S/C16H9BrO3/c1-8(18)9-6-12-14(13(17)7-9)16(20)11-5-3-2-4-10(11)15(12)19/h2-7H,1H3. The zero-order chi connectivity index (χ0) is 14.4. The Labute approximate surface area is 123 Å². The average Bonchev–Trinajstić information content (AvgIpc) is 2.44. The van der Waals surface area contributed by atoms with Crippen LogP contribution in [0.2, 0.25) is 0 Å². The van der Waals surface area contributed by atoms with E-state index in [0.717, 1.165) is 0 Å². The minimum Gasteiger partial charge on any atom is -0.295 e. The van der Waals surface area contributed by atoms with Gasteiger partial charge in [0.2, 0.25) is 0 Å². The summed E-state index contributed by atoms with van der Waals surface area (Å²) < 4.78 is 0.480. The van der Waals surface area contributed by atoms with Crippen molar-refractivity contribution in [3.8, 4) is 0 Å². The normalized spacial score (nSPS) is 12.9. The van der Waals surface area contributed by atoms with Gasteiger partial charge in [0, 0.05) is 32.3 Å². The van der Waals surface area contributed by atoms with E-state index in [-0.39, 0.29) is 22.9 Å². The van der Waals surface area contributed by atoms with Crippen molar-refractivity contribution in [3.63, 3.8) is 0 Å². The Balaban J connectivity index is 2.33. The summed E-state index contributed by atoms with van der Waals surface area (Å²) in [5.41, 5.74) is 1.82. The zero-order valence-electron chi connectivity index (χ0n) is 10.6. The number of hydrogen-bond acceptors (Lipinski definition) is 3. The van der Waals surface area contributed by atoms with E-state index in [4.69, 9.17) is 0 Å². The molecule has 0 fully saturated rings. The maximum absolute atomic E-state index is 12.5. The van der Waals surface area contributed by atoms with Crippen molar-refractivity contribution in [1.29, 1.82) is 0 Å². The fraction of sp³-hybridized carbons (Fsp3) is 0.0625. The zero-order valence-corrected chi connectivity index (χ0v) is 12.2. The number of ketones is 3. The number of Topliss-reactive ketones (excluding diaryl/α,β-unsaturated/α-hetero) is 1. The van der Waals surface area contributed by atoms with Crippen molar-refractivity contribution in [2.24, 2.45) is 0 Å². The molecule has 3 rings (SSSR count). The van der Waals surface area contributed by atoms with Crippen LogP contribution < -0.4 is 0 Å². The van der Waals surface area contributed by atoms with Crippen LogP contribution >= 0.6 is 15.9 Å². The van der Waals surface area contributed by atoms with Crippen LogP contribution in [0.5, 0.6) is 0 Å². The summed E-state index contributed by atoms with van der Waals surface area (Å²) in [6.07, 6.45) is 0. The lowest BCUT2D eigenvalue weighted by atomic mass is 9.83. The minimum absolute atomic E-state index is 0.146. The number of benzene rings is 2. The van der Waals surface area contributed by atoms with Crippen molar-refractivity contribution in [2.45, 2.75) is 6.92 Å². The second-order valence-electron chi connectivity index (χ2n) is 4.64. The SMILES string of the molecule is CC(=O)c1cc(Br)c2c(c1)C(=O)c1ccccc1C2=O. The van der Waals surface area contributed by atoms with Crippen LogP contribution in [0.4, 0.5) is 0 Å². The third-order valence-electron chi connectivity index (χ3n) is 3.38. The van der Waals surface area contributed by atoms with Gasteiger partial charge in [-0.1, -0.05) is 24.3 Å². The van der Waals surface area contributed by atoms with E-state index >= 15 is 0 Å². The molecule has 0 bridgehead atoms. The van der Waals surface area contributed by atoms with Gasteiger partial charge in [0.1, 0.15) is 0 Å². The summed E-state index contributed by atoms with van der Waals surface area (Å²) in [7, 11) is 0. The number of carbonyl (C=O) groups excluding carboxylic acids is 3. The maximum atomic E-state index is 12.5. The summed E-state index contributed by atoms with van der Waals surface area (Å²) in [5, 5.41) is 0. The van der Waals surface area contributed by atoms with Gasteiger partial charge in [-0.3, -0.25) is 14.4 Å². The lowest BCUT2D eigenvalue weighted by Gasteiger charge is -2.19. The molecule has 0 N–H and O–H groups in total. The van der Waals surface area contributed by atoms with Gasteiger partial charge in [-0.25, -0.2) is 0 Å². The number of rotatable bonds is 1. The molecule has 0 saturated heterocycles. The molecule has 0 saturated carbocycles. The van der Waals surface area contributed by atoms with Crippen LogP contribution in [-0.4, -0.2) is 17.3 Å². The fourth-order valence-electron chi connectivity index (χ4n) is 2.38. The molecule has 1 aliphatic carbocycles. The van der Waals surface area contributed by atoms with E-state index in [2.05, 4.69) is 15.9 Å². The van der Waals surface area contributed by atoms with Crippen LogP contribution in [0.1, 0.15) is 49.1 Å². The Morgan fingerprint density at radius 2 is 1.55 bits per heavy atom. The first-order valence-electron chi connectivity index (χ1n) is 6.03. The van der Waals surface area contributed by atoms with Gasteiger partial charge >= 0.3 is 0 Å². The van der Waals surface area contributed by atoms with Crippen molar-refractivity contribution in [2.75, 3.05) is 0 Å². The first kappa shape index (κ1) is 12.9. The molecule has 0 aromatic heterocycles. The number of halogens is 1. The molecular weight excluding hydrogens is 320 g/mol. The molecule has 3 nitrogen and oxygen atoms in total. The smallest absolute Gasteiger partial charge is 0.195 e.